The van der Waals surface area contributed by atoms with Crippen molar-refractivity contribution in [2.75, 3.05) is 0 Å². The molecule has 0 aliphatic heterocycles. The van der Waals surface area contributed by atoms with Crippen molar-refractivity contribution in [3.8, 4) is 0 Å². The zero-order valence-electron chi connectivity index (χ0n) is 11.7. The number of aromatic nitrogens is 3. The number of rotatable bonds is 3. The van der Waals surface area contributed by atoms with Gasteiger partial charge in [0, 0.05) is 23.8 Å². The van der Waals surface area contributed by atoms with Crippen LogP contribution in [0.1, 0.15) is 25.6 Å². The summed E-state index contributed by atoms with van der Waals surface area (Å²) in [5.74, 6) is 0. The highest BCUT2D eigenvalue weighted by atomic mass is 16.1. The minimum Gasteiger partial charge on any atom is -0.297 e. The number of imidazole rings is 1. The van der Waals surface area contributed by atoms with Gasteiger partial charge in [-0.2, -0.15) is 0 Å². The van der Waals surface area contributed by atoms with Crippen LogP contribution in [0.25, 0.3) is 10.9 Å². The molecule has 0 fully saturated rings. The number of fused-ring (bicyclic) bond motifs is 1. The Bertz CT molecular complexity index is 799. The summed E-state index contributed by atoms with van der Waals surface area (Å²) in [5.41, 5.74) is 1.86. The normalized spacial score (nSPS) is 11.3. The third-order valence-corrected chi connectivity index (χ3v) is 3.42. The summed E-state index contributed by atoms with van der Waals surface area (Å²) in [6.45, 7) is 4.50. The van der Waals surface area contributed by atoms with Crippen LogP contribution in [0.15, 0.2) is 53.6 Å². The van der Waals surface area contributed by atoms with E-state index in [0.29, 0.717) is 6.54 Å². The van der Waals surface area contributed by atoms with Crippen LogP contribution in [-0.4, -0.2) is 14.1 Å². The van der Waals surface area contributed by atoms with Crippen LogP contribution in [0.4, 0.5) is 0 Å². The first kappa shape index (κ1) is 12.7. The summed E-state index contributed by atoms with van der Waals surface area (Å²) < 4.78 is 3.41. The second-order valence-electron chi connectivity index (χ2n) is 5.20. The summed E-state index contributed by atoms with van der Waals surface area (Å²) in [5, 5.41) is 1.11. The van der Waals surface area contributed by atoms with Crippen LogP contribution in [0.3, 0.4) is 0 Å². The average molecular weight is 267 g/mol. The predicted molar refractivity (Wildman–Crippen MR) is 79.9 cm³/mol. The van der Waals surface area contributed by atoms with Gasteiger partial charge in [0.1, 0.15) is 0 Å². The van der Waals surface area contributed by atoms with Gasteiger partial charge in [-0.1, -0.05) is 24.3 Å². The first-order valence-corrected chi connectivity index (χ1v) is 6.77. The van der Waals surface area contributed by atoms with E-state index in [0.717, 1.165) is 16.6 Å². The van der Waals surface area contributed by atoms with Crippen molar-refractivity contribution >= 4 is 10.9 Å². The zero-order chi connectivity index (χ0) is 14.1. The van der Waals surface area contributed by atoms with E-state index >= 15 is 0 Å². The number of hydrogen-bond donors (Lipinski definition) is 0. The fourth-order valence-corrected chi connectivity index (χ4v) is 2.31. The van der Waals surface area contributed by atoms with E-state index in [2.05, 4.69) is 4.98 Å². The maximum Gasteiger partial charge on any atom is 0.328 e. The second-order valence-corrected chi connectivity index (χ2v) is 5.20. The quantitative estimate of drug-likeness (QED) is 0.732. The van der Waals surface area contributed by atoms with Crippen LogP contribution in [-0.2, 0) is 6.54 Å². The summed E-state index contributed by atoms with van der Waals surface area (Å²) in [6.07, 6.45) is 3.65. The molecule has 0 bridgehead atoms. The highest BCUT2D eigenvalue weighted by molar-refractivity contribution is 5.78. The molecule has 0 radical (unpaired) electrons. The third kappa shape index (κ3) is 2.25. The van der Waals surface area contributed by atoms with Gasteiger partial charge in [-0.3, -0.25) is 14.1 Å². The van der Waals surface area contributed by atoms with Gasteiger partial charge in [-0.25, -0.2) is 4.79 Å². The molecule has 3 aromatic rings. The maximum absolute atomic E-state index is 12.2. The molecule has 0 atom stereocenters. The number of hydrogen-bond acceptors (Lipinski definition) is 2. The zero-order valence-corrected chi connectivity index (χ0v) is 11.7. The van der Waals surface area contributed by atoms with Crippen molar-refractivity contribution in [1.29, 1.82) is 0 Å². The molecule has 0 spiro atoms. The van der Waals surface area contributed by atoms with Gasteiger partial charge in [0.05, 0.1) is 17.8 Å². The Hall–Kier alpha value is -2.36. The summed E-state index contributed by atoms with van der Waals surface area (Å²) in [6, 6.07) is 12.2. The van der Waals surface area contributed by atoms with Gasteiger partial charge in [0.15, 0.2) is 0 Å². The molecule has 4 heteroatoms. The molecule has 0 aliphatic carbocycles. The molecule has 0 saturated heterocycles. The SMILES string of the molecule is CC(C)n1ccn(Cc2ccc3ccccc3n2)c1=O. The van der Waals surface area contributed by atoms with Crippen molar-refractivity contribution in [1.82, 2.24) is 14.1 Å². The van der Waals surface area contributed by atoms with Gasteiger partial charge in [-0.15, -0.1) is 0 Å². The first-order valence-electron chi connectivity index (χ1n) is 6.77. The van der Waals surface area contributed by atoms with E-state index in [1.165, 1.54) is 0 Å². The van der Waals surface area contributed by atoms with Crippen LogP contribution >= 0.6 is 0 Å². The van der Waals surface area contributed by atoms with Crippen LogP contribution in [0.5, 0.6) is 0 Å². The molecule has 102 valence electrons. The molecule has 0 N–H and O–H groups in total. The lowest BCUT2D eigenvalue weighted by molar-refractivity contribution is 0.560. The fourth-order valence-electron chi connectivity index (χ4n) is 2.31. The number of pyridine rings is 1. The topological polar surface area (TPSA) is 39.8 Å². The smallest absolute Gasteiger partial charge is 0.297 e. The van der Waals surface area contributed by atoms with Crippen molar-refractivity contribution in [2.45, 2.75) is 26.4 Å². The monoisotopic (exact) mass is 267 g/mol. The highest BCUT2D eigenvalue weighted by Crippen LogP contribution is 2.12. The third-order valence-electron chi connectivity index (χ3n) is 3.42. The molecular formula is C16H17N3O. The van der Waals surface area contributed by atoms with E-state index in [1.54, 1.807) is 9.13 Å². The molecule has 4 nitrogen and oxygen atoms in total. The lowest BCUT2D eigenvalue weighted by Crippen LogP contribution is -2.25. The van der Waals surface area contributed by atoms with Gasteiger partial charge >= 0.3 is 5.69 Å². The minimum absolute atomic E-state index is 0.00922. The van der Waals surface area contributed by atoms with Crippen LogP contribution in [0, 0.1) is 0 Å². The van der Waals surface area contributed by atoms with E-state index in [4.69, 9.17) is 0 Å². The molecule has 3 rings (SSSR count). The number of nitrogens with zero attached hydrogens (tertiary/aromatic N) is 3. The van der Waals surface area contributed by atoms with Gasteiger partial charge in [0.2, 0.25) is 0 Å². The van der Waals surface area contributed by atoms with Gasteiger partial charge < -0.3 is 0 Å². The molecule has 2 aromatic heterocycles. The first-order chi connectivity index (χ1) is 9.65. The van der Waals surface area contributed by atoms with Gasteiger partial charge in [-0.05, 0) is 26.0 Å². The average Bonchev–Trinajstić information content (AvgIpc) is 2.80. The van der Waals surface area contributed by atoms with Crippen molar-refractivity contribution in [3.63, 3.8) is 0 Å². The van der Waals surface area contributed by atoms with E-state index in [1.807, 2.05) is 62.6 Å². The Morgan fingerprint density at radius 1 is 1.10 bits per heavy atom. The Balaban J connectivity index is 1.95. The molecule has 0 amide bonds. The van der Waals surface area contributed by atoms with Gasteiger partial charge in [0.25, 0.3) is 0 Å². The Kier molecular flexibility index (Phi) is 3.14. The molecule has 1 aromatic carbocycles. The highest BCUT2D eigenvalue weighted by Gasteiger charge is 2.07. The van der Waals surface area contributed by atoms with Crippen LogP contribution < -0.4 is 5.69 Å². The molecule has 2 heterocycles. The number of para-hydroxylation sites is 1. The summed E-state index contributed by atoms with van der Waals surface area (Å²) in [7, 11) is 0. The predicted octanol–water partition coefficient (Wildman–Crippen LogP) is 2.83. The van der Waals surface area contributed by atoms with E-state index < -0.39 is 0 Å². The molecule has 0 saturated carbocycles. The fraction of sp³-hybridized carbons (Fsp3) is 0.250. The Labute approximate surface area is 117 Å². The molecule has 0 aliphatic rings. The van der Waals surface area contributed by atoms with E-state index in [9.17, 15) is 4.79 Å². The van der Waals surface area contributed by atoms with Crippen molar-refractivity contribution in [2.24, 2.45) is 0 Å². The molecule has 20 heavy (non-hydrogen) atoms. The largest absolute Gasteiger partial charge is 0.328 e. The Morgan fingerprint density at radius 2 is 1.90 bits per heavy atom. The minimum atomic E-state index is 0.00922. The van der Waals surface area contributed by atoms with Crippen molar-refractivity contribution < 1.29 is 0 Å². The van der Waals surface area contributed by atoms with Crippen molar-refractivity contribution in [3.05, 3.63) is 65.0 Å². The second kappa shape index (κ2) is 4.96. The molecular weight excluding hydrogens is 250 g/mol. The lowest BCUT2D eigenvalue weighted by Gasteiger charge is -2.05. The summed E-state index contributed by atoms with van der Waals surface area (Å²) >= 11 is 0. The number of benzene rings is 1. The summed E-state index contributed by atoms with van der Waals surface area (Å²) in [4.78, 5) is 16.8. The maximum atomic E-state index is 12.2. The lowest BCUT2D eigenvalue weighted by atomic mass is 10.2. The van der Waals surface area contributed by atoms with Crippen LogP contribution in [0.2, 0.25) is 0 Å². The van der Waals surface area contributed by atoms with E-state index in [-0.39, 0.29) is 11.7 Å². The molecule has 0 unspecified atom stereocenters. The standard InChI is InChI=1S/C16H17N3O/c1-12(2)19-10-9-18(16(19)20)11-14-8-7-13-5-3-4-6-15(13)17-14/h3-10,12H,11H2,1-2H3. The Morgan fingerprint density at radius 3 is 2.65 bits per heavy atom.